The number of benzene rings is 3. The van der Waals surface area contributed by atoms with E-state index in [0.717, 1.165) is 19.3 Å². The van der Waals surface area contributed by atoms with Gasteiger partial charge in [0.2, 0.25) is 15.8 Å². The van der Waals surface area contributed by atoms with Crippen molar-refractivity contribution in [2.75, 3.05) is 13.1 Å². The first kappa shape index (κ1) is 22.9. The van der Waals surface area contributed by atoms with E-state index in [2.05, 4.69) is 0 Å². The molecule has 0 N–H and O–H groups in total. The highest BCUT2D eigenvalue weighted by atomic mass is 32.2. The second-order valence-electron chi connectivity index (χ2n) is 7.92. The molecule has 33 heavy (non-hydrogen) atoms. The number of Topliss-reactive ketones (excluding diaryl/α,β-unsaturated/α-hetero) is 1. The van der Waals surface area contributed by atoms with Gasteiger partial charge >= 0.3 is 5.97 Å². The third kappa shape index (κ3) is 5.21. The molecule has 0 radical (unpaired) electrons. The number of ether oxygens (including phenoxy) is 1. The van der Waals surface area contributed by atoms with Gasteiger partial charge in [0, 0.05) is 24.2 Å². The molecule has 3 aromatic carbocycles. The molecule has 0 unspecified atom stereocenters. The summed E-state index contributed by atoms with van der Waals surface area (Å²) in [6, 6.07) is 23.2. The van der Waals surface area contributed by atoms with E-state index in [1.165, 1.54) is 28.6 Å². The third-order valence-corrected chi connectivity index (χ3v) is 7.54. The maximum Gasteiger partial charge on any atom is 0.339 e. The molecule has 0 bridgehead atoms. The van der Waals surface area contributed by atoms with Gasteiger partial charge < -0.3 is 4.74 Å². The van der Waals surface area contributed by atoms with Gasteiger partial charge in [-0.15, -0.1) is 0 Å². The summed E-state index contributed by atoms with van der Waals surface area (Å²) in [6.45, 7) is 0.942. The molecule has 1 atom stereocenters. The molecule has 0 amide bonds. The number of esters is 1. The predicted molar refractivity (Wildman–Crippen MR) is 124 cm³/mol. The van der Waals surface area contributed by atoms with Crippen molar-refractivity contribution in [3.8, 4) is 0 Å². The molecule has 4 rings (SSSR count). The van der Waals surface area contributed by atoms with Gasteiger partial charge in [-0.25, -0.2) is 13.2 Å². The average Bonchev–Trinajstić information content (AvgIpc) is 2.88. The van der Waals surface area contributed by atoms with Crippen molar-refractivity contribution in [1.29, 1.82) is 0 Å². The quantitative estimate of drug-likeness (QED) is 0.377. The molecule has 1 aliphatic rings. The SMILES string of the molecule is O=C(O[C@@H](C(=O)c1ccccc1)c1ccccc1)c1cccc(S(=O)(=O)N2CCCCC2)c1. The zero-order valence-electron chi connectivity index (χ0n) is 18.1. The number of sulfonamides is 1. The van der Waals surface area contributed by atoms with Gasteiger partial charge in [-0.2, -0.15) is 4.31 Å². The molecule has 3 aromatic rings. The highest BCUT2D eigenvalue weighted by molar-refractivity contribution is 7.89. The number of nitrogens with zero attached hydrogens (tertiary/aromatic N) is 1. The Morgan fingerprint density at radius 1 is 0.758 bits per heavy atom. The predicted octanol–water partition coefficient (Wildman–Crippen LogP) is 4.64. The summed E-state index contributed by atoms with van der Waals surface area (Å²) in [6.07, 6.45) is 1.50. The molecule has 1 fully saturated rings. The highest BCUT2D eigenvalue weighted by Gasteiger charge is 2.29. The average molecular weight is 464 g/mol. The molecule has 0 aliphatic carbocycles. The van der Waals surface area contributed by atoms with Gasteiger partial charge in [0.1, 0.15) is 0 Å². The third-order valence-electron chi connectivity index (χ3n) is 5.65. The van der Waals surface area contributed by atoms with Crippen LogP contribution in [0.3, 0.4) is 0 Å². The summed E-state index contributed by atoms with van der Waals surface area (Å²) in [5.41, 5.74) is 1.03. The smallest absolute Gasteiger partial charge is 0.339 e. The van der Waals surface area contributed by atoms with E-state index in [1.54, 1.807) is 54.6 Å². The number of carbonyl (C=O) groups excluding carboxylic acids is 2. The van der Waals surface area contributed by atoms with Crippen LogP contribution >= 0.6 is 0 Å². The molecular formula is C26H25NO5S. The molecular weight excluding hydrogens is 438 g/mol. The fourth-order valence-electron chi connectivity index (χ4n) is 3.87. The summed E-state index contributed by atoms with van der Waals surface area (Å²) >= 11 is 0. The Morgan fingerprint density at radius 2 is 1.36 bits per heavy atom. The minimum atomic E-state index is -3.70. The first-order chi connectivity index (χ1) is 16.0. The van der Waals surface area contributed by atoms with Crippen molar-refractivity contribution in [1.82, 2.24) is 4.31 Å². The molecule has 0 aromatic heterocycles. The summed E-state index contributed by atoms with van der Waals surface area (Å²) in [5.74, 6) is -1.11. The Morgan fingerprint density at radius 3 is 2.03 bits per heavy atom. The van der Waals surface area contributed by atoms with Gasteiger partial charge in [-0.1, -0.05) is 73.2 Å². The zero-order chi connectivity index (χ0) is 23.3. The van der Waals surface area contributed by atoms with Gasteiger partial charge in [0.25, 0.3) is 0 Å². The van der Waals surface area contributed by atoms with Gasteiger partial charge in [-0.05, 0) is 31.0 Å². The number of ketones is 1. The summed E-state index contributed by atoms with van der Waals surface area (Å²) in [4.78, 5) is 26.2. The monoisotopic (exact) mass is 463 g/mol. The van der Waals surface area contributed by atoms with Crippen LogP contribution < -0.4 is 0 Å². The van der Waals surface area contributed by atoms with Crippen LogP contribution in [0.5, 0.6) is 0 Å². The van der Waals surface area contributed by atoms with Crippen LogP contribution in [0.2, 0.25) is 0 Å². The first-order valence-corrected chi connectivity index (χ1v) is 12.4. The molecule has 7 heteroatoms. The lowest BCUT2D eigenvalue weighted by Gasteiger charge is -2.26. The number of hydrogen-bond acceptors (Lipinski definition) is 5. The Kier molecular flexibility index (Phi) is 7.01. The van der Waals surface area contributed by atoms with E-state index in [-0.39, 0.29) is 16.2 Å². The second kappa shape index (κ2) is 10.1. The topological polar surface area (TPSA) is 80.8 Å². The minimum absolute atomic E-state index is 0.0458. The van der Waals surface area contributed by atoms with Crippen molar-refractivity contribution in [3.63, 3.8) is 0 Å². The summed E-state index contributed by atoms with van der Waals surface area (Å²) in [7, 11) is -3.70. The molecule has 1 aliphatic heterocycles. The molecule has 0 saturated carbocycles. The molecule has 0 spiro atoms. The second-order valence-corrected chi connectivity index (χ2v) is 9.86. The zero-order valence-corrected chi connectivity index (χ0v) is 18.9. The number of rotatable bonds is 7. The maximum atomic E-state index is 13.2. The fourth-order valence-corrected chi connectivity index (χ4v) is 5.43. The Balaban J connectivity index is 1.61. The molecule has 1 saturated heterocycles. The number of carbonyl (C=O) groups is 2. The van der Waals surface area contributed by atoms with Crippen molar-refractivity contribution < 1.29 is 22.7 Å². The van der Waals surface area contributed by atoms with Crippen LogP contribution in [0.25, 0.3) is 0 Å². The van der Waals surface area contributed by atoms with Gasteiger partial charge in [0.05, 0.1) is 10.5 Å². The minimum Gasteiger partial charge on any atom is -0.445 e. The van der Waals surface area contributed by atoms with Crippen molar-refractivity contribution >= 4 is 21.8 Å². The number of piperidine rings is 1. The lowest BCUT2D eigenvalue weighted by molar-refractivity contribution is 0.0280. The van der Waals surface area contributed by atoms with Crippen LogP contribution in [-0.4, -0.2) is 37.6 Å². The van der Waals surface area contributed by atoms with E-state index >= 15 is 0 Å². The van der Waals surface area contributed by atoms with E-state index in [0.29, 0.717) is 24.2 Å². The van der Waals surface area contributed by atoms with Gasteiger partial charge in [0.15, 0.2) is 6.10 Å². The summed E-state index contributed by atoms with van der Waals surface area (Å²) in [5, 5.41) is 0. The largest absolute Gasteiger partial charge is 0.445 e. The lowest BCUT2D eigenvalue weighted by Crippen LogP contribution is -2.35. The standard InChI is InChI=1S/C26H25NO5S/c28-24(20-11-4-1-5-12-20)25(21-13-6-2-7-14-21)32-26(29)22-15-10-16-23(19-22)33(30,31)27-17-8-3-9-18-27/h1-2,4-7,10-16,19,25H,3,8-9,17-18H2/t25-/m1/s1. The number of hydrogen-bond donors (Lipinski definition) is 0. The van der Waals surface area contributed by atoms with Crippen molar-refractivity contribution in [2.45, 2.75) is 30.3 Å². The Hall–Kier alpha value is -3.29. The Bertz CT molecular complexity index is 1220. The van der Waals surface area contributed by atoms with E-state index in [9.17, 15) is 18.0 Å². The molecule has 1 heterocycles. The summed E-state index contributed by atoms with van der Waals surface area (Å²) < 4.78 is 33.1. The fraction of sp³-hybridized carbons (Fsp3) is 0.231. The Labute approximate surface area is 193 Å². The lowest BCUT2D eigenvalue weighted by atomic mass is 10.00. The van der Waals surface area contributed by atoms with E-state index in [4.69, 9.17) is 4.74 Å². The molecule has 170 valence electrons. The van der Waals surface area contributed by atoms with Crippen LogP contribution in [-0.2, 0) is 14.8 Å². The van der Waals surface area contributed by atoms with Crippen molar-refractivity contribution in [2.24, 2.45) is 0 Å². The normalized spacial score (nSPS) is 15.5. The van der Waals surface area contributed by atoms with Crippen LogP contribution in [0.15, 0.2) is 89.8 Å². The molecule has 6 nitrogen and oxygen atoms in total. The van der Waals surface area contributed by atoms with Crippen molar-refractivity contribution in [3.05, 3.63) is 102 Å². The van der Waals surface area contributed by atoms with Crippen LogP contribution in [0.4, 0.5) is 0 Å². The van der Waals surface area contributed by atoms with E-state index in [1.807, 2.05) is 6.07 Å². The van der Waals surface area contributed by atoms with E-state index < -0.39 is 22.1 Å². The van der Waals surface area contributed by atoms with Crippen LogP contribution in [0.1, 0.15) is 51.6 Å². The van der Waals surface area contributed by atoms with Crippen LogP contribution in [0, 0.1) is 0 Å². The van der Waals surface area contributed by atoms with Gasteiger partial charge in [-0.3, -0.25) is 4.79 Å². The maximum absolute atomic E-state index is 13.2. The first-order valence-electron chi connectivity index (χ1n) is 10.9. The highest BCUT2D eigenvalue weighted by Crippen LogP contribution is 2.26.